The monoisotopic (exact) mass is 405 g/mol. The number of rotatable bonds is 7. The Kier molecular flexibility index (Phi) is 6.64. The van der Waals surface area contributed by atoms with Crippen molar-refractivity contribution in [1.29, 1.82) is 0 Å². The van der Waals surface area contributed by atoms with Crippen molar-refractivity contribution in [3.8, 4) is 11.5 Å². The van der Waals surface area contributed by atoms with E-state index in [2.05, 4.69) is 10.5 Å². The molecule has 1 amide bonds. The van der Waals surface area contributed by atoms with Crippen molar-refractivity contribution in [2.45, 2.75) is 13.5 Å². The Morgan fingerprint density at radius 1 is 1.07 bits per heavy atom. The average molecular weight is 405 g/mol. The van der Waals surface area contributed by atoms with Crippen molar-refractivity contribution in [3.63, 3.8) is 0 Å². The molecule has 0 saturated heterocycles. The summed E-state index contributed by atoms with van der Waals surface area (Å²) < 4.78 is 11.9. The van der Waals surface area contributed by atoms with E-state index in [1.54, 1.807) is 37.6 Å². The largest absolute Gasteiger partial charge is 0.493 e. The molecule has 1 N–H and O–H groups in total. The smallest absolute Gasteiger partial charge is 0.276 e. The molecule has 0 saturated carbocycles. The number of ether oxygens (including phenoxy) is 2. The van der Waals surface area contributed by atoms with Gasteiger partial charge in [-0.2, -0.15) is 5.10 Å². The summed E-state index contributed by atoms with van der Waals surface area (Å²) in [6.45, 7) is 2.38. The lowest BCUT2D eigenvalue weighted by atomic mass is 10.1. The van der Waals surface area contributed by atoms with Gasteiger partial charge in [0.05, 0.1) is 27.0 Å². The highest BCUT2D eigenvalue weighted by Gasteiger charge is 2.12. The first-order valence-corrected chi connectivity index (χ1v) is 9.32. The average Bonchev–Trinajstić information content (AvgIpc) is 2.75. The molecule has 0 radical (unpaired) electrons. The highest BCUT2D eigenvalue weighted by atomic mass is 16.5. The number of hydrazone groups is 1. The Labute approximate surface area is 174 Å². The summed E-state index contributed by atoms with van der Waals surface area (Å²) in [4.78, 5) is 25.2. The molecule has 2 aromatic carbocycles. The van der Waals surface area contributed by atoms with Crippen LogP contribution in [-0.2, 0) is 6.54 Å². The normalized spacial score (nSPS) is 10.8. The first-order valence-electron chi connectivity index (χ1n) is 9.32. The Bertz CT molecular complexity index is 1140. The van der Waals surface area contributed by atoms with E-state index in [9.17, 15) is 9.59 Å². The fourth-order valence-corrected chi connectivity index (χ4v) is 3.00. The summed E-state index contributed by atoms with van der Waals surface area (Å²) in [7, 11) is 3.09. The second-order valence-electron chi connectivity index (χ2n) is 6.66. The van der Waals surface area contributed by atoms with E-state index in [0.717, 1.165) is 11.1 Å². The number of carbonyl (C=O) groups is 1. The van der Waals surface area contributed by atoms with Gasteiger partial charge in [-0.05, 0) is 48.4 Å². The van der Waals surface area contributed by atoms with Crippen LogP contribution in [0.4, 0.5) is 0 Å². The fraction of sp³-hybridized carbons (Fsp3) is 0.174. The molecule has 0 aliphatic rings. The van der Waals surface area contributed by atoms with Gasteiger partial charge in [-0.1, -0.05) is 29.8 Å². The van der Waals surface area contributed by atoms with E-state index in [0.29, 0.717) is 23.6 Å². The Morgan fingerprint density at radius 2 is 1.87 bits per heavy atom. The Balaban J connectivity index is 1.73. The van der Waals surface area contributed by atoms with Crippen LogP contribution in [0.15, 0.2) is 70.7 Å². The van der Waals surface area contributed by atoms with Crippen LogP contribution in [-0.4, -0.2) is 30.9 Å². The van der Waals surface area contributed by atoms with Gasteiger partial charge in [-0.25, -0.2) is 5.43 Å². The highest BCUT2D eigenvalue weighted by Crippen LogP contribution is 2.26. The molecule has 30 heavy (non-hydrogen) atoms. The van der Waals surface area contributed by atoms with E-state index in [1.807, 2.05) is 31.2 Å². The third-order valence-electron chi connectivity index (χ3n) is 4.49. The molecular formula is C23H23N3O4. The molecule has 3 aromatic rings. The van der Waals surface area contributed by atoms with Gasteiger partial charge in [-0.15, -0.1) is 0 Å². The molecule has 1 aromatic heterocycles. The van der Waals surface area contributed by atoms with Gasteiger partial charge in [0, 0.05) is 6.20 Å². The molecule has 0 aliphatic carbocycles. The fourth-order valence-electron chi connectivity index (χ4n) is 3.00. The summed E-state index contributed by atoms with van der Waals surface area (Å²) in [5.74, 6) is 0.572. The van der Waals surface area contributed by atoms with E-state index < -0.39 is 5.91 Å². The lowest BCUT2D eigenvalue weighted by Crippen LogP contribution is -2.30. The number of aromatic nitrogens is 1. The molecule has 0 spiro atoms. The number of nitrogens with zero attached hydrogens (tertiary/aromatic N) is 2. The molecule has 0 atom stereocenters. The molecule has 3 rings (SSSR count). The van der Waals surface area contributed by atoms with Crippen LogP contribution >= 0.6 is 0 Å². The number of hydrogen-bond acceptors (Lipinski definition) is 5. The van der Waals surface area contributed by atoms with Crippen LogP contribution in [0.25, 0.3) is 0 Å². The van der Waals surface area contributed by atoms with Crippen molar-refractivity contribution < 1.29 is 14.3 Å². The first kappa shape index (κ1) is 20.9. The minimum absolute atomic E-state index is 0.0228. The van der Waals surface area contributed by atoms with Crippen LogP contribution < -0.4 is 20.5 Å². The number of aryl methyl sites for hydroxylation is 1. The van der Waals surface area contributed by atoms with Gasteiger partial charge < -0.3 is 14.0 Å². The van der Waals surface area contributed by atoms with Gasteiger partial charge in [-0.3, -0.25) is 9.59 Å². The van der Waals surface area contributed by atoms with Crippen LogP contribution in [0.5, 0.6) is 11.5 Å². The molecule has 7 heteroatoms. The van der Waals surface area contributed by atoms with Gasteiger partial charge in [0.2, 0.25) is 0 Å². The molecule has 0 bridgehead atoms. The summed E-state index contributed by atoms with van der Waals surface area (Å²) in [6.07, 6.45) is 3.13. The predicted molar refractivity (Wildman–Crippen MR) is 116 cm³/mol. The van der Waals surface area contributed by atoms with Gasteiger partial charge >= 0.3 is 0 Å². The number of amides is 1. The number of hydrogen-bond donors (Lipinski definition) is 1. The van der Waals surface area contributed by atoms with Gasteiger partial charge in [0.25, 0.3) is 11.5 Å². The minimum atomic E-state index is -0.574. The third kappa shape index (κ3) is 4.94. The van der Waals surface area contributed by atoms with Crippen molar-refractivity contribution >= 4 is 12.1 Å². The maximum absolute atomic E-state index is 12.7. The summed E-state index contributed by atoms with van der Waals surface area (Å²) >= 11 is 0. The third-order valence-corrected chi connectivity index (χ3v) is 4.49. The number of pyridine rings is 1. The summed E-state index contributed by atoms with van der Waals surface area (Å²) in [5.41, 5.74) is 4.85. The molecule has 0 aliphatic heterocycles. The number of benzene rings is 2. The van der Waals surface area contributed by atoms with E-state index >= 15 is 0 Å². The van der Waals surface area contributed by atoms with Crippen LogP contribution in [0.2, 0.25) is 0 Å². The first-order chi connectivity index (χ1) is 14.5. The second-order valence-corrected chi connectivity index (χ2v) is 6.66. The predicted octanol–water partition coefficient (Wildman–Crippen LogP) is 2.99. The zero-order chi connectivity index (χ0) is 21.5. The zero-order valence-corrected chi connectivity index (χ0v) is 17.1. The van der Waals surface area contributed by atoms with E-state index in [4.69, 9.17) is 9.47 Å². The minimum Gasteiger partial charge on any atom is -0.493 e. The molecule has 1 heterocycles. The van der Waals surface area contributed by atoms with Crippen molar-refractivity contribution in [2.75, 3.05) is 14.2 Å². The maximum Gasteiger partial charge on any atom is 0.276 e. The molecule has 0 fully saturated rings. The number of carbonyl (C=O) groups excluding carboxylic acids is 1. The van der Waals surface area contributed by atoms with Crippen molar-refractivity contribution in [3.05, 3.63) is 93.4 Å². The second kappa shape index (κ2) is 9.56. The van der Waals surface area contributed by atoms with Crippen LogP contribution in [0.1, 0.15) is 27.0 Å². The Hall–Kier alpha value is -3.87. The lowest BCUT2D eigenvalue weighted by Gasteiger charge is -2.08. The molecule has 7 nitrogen and oxygen atoms in total. The summed E-state index contributed by atoms with van der Waals surface area (Å²) in [6, 6.07) is 16.3. The summed E-state index contributed by atoms with van der Waals surface area (Å²) in [5, 5.41) is 3.95. The highest BCUT2D eigenvalue weighted by molar-refractivity contribution is 5.94. The van der Waals surface area contributed by atoms with Crippen LogP contribution in [0, 0.1) is 6.92 Å². The molecule has 154 valence electrons. The van der Waals surface area contributed by atoms with Crippen molar-refractivity contribution in [1.82, 2.24) is 9.99 Å². The van der Waals surface area contributed by atoms with Crippen molar-refractivity contribution in [2.24, 2.45) is 5.10 Å². The van der Waals surface area contributed by atoms with Gasteiger partial charge in [0.1, 0.15) is 5.56 Å². The lowest BCUT2D eigenvalue weighted by molar-refractivity contribution is 0.0953. The molecular weight excluding hydrogens is 382 g/mol. The topological polar surface area (TPSA) is 81.9 Å². The van der Waals surface area contributed by atoms with E-state index in [1.165, 1.54) is 24.0 Å². The zero-order valence-electron chi connectivity index (χ0n) is 17.1. The molecule has 0 unspecified atom stereocenters. The SMILES string of the molecule is COc1ccc(/C=N\NC(=O)c2cccn(Cc3cccc(C)c3)c2=O)cc1OC. The van der Waals surface area contributed by atoms with Gasteiger partial charge in [0.15, 0.2) is 11.5 Å². The Morgan fingerprint density at radius 3 is 2.60 bits per heavy atom. The standard InChI is InChI=1S/C23H23N3O4/c1-16-6-4-7-18(12-16)15-26-11-5-8-19(23(26)28)22(27)25-24-14-17-9-10-20(29-2)21(13-17)30-3/h4-14H,15H2,1-3H3,(H,25,27)/b24-14-. The van der Waals surface area contributed by atoms with Crippen LogP contribution in [0.3, 0.4) is 0 Å². The quantitative estimate of drug-likeness (QED) is 0.484. The number of nitrogens with one attached hydrogen (secondary N) is 1. The number of methoxy groups -OCH3 is 2. The van der Waals surface area contributed by atoms with E-state index in [-0.39, 0.29) is 11.1 Å². The maximum atomic E-state index is 12.7.